The number of carbonyl (C=O) groups is 1. The van der Waals surface area contributed by atoms with Crippen LogP contribution in [0.2, 0.25) is 5.02 Å². The smallest absolute Gasteiger partial charge is 0.254 e. The summed E-state index contributed by atoms with van der Waals surface area (Å²) in [7, 11) is -3.73. The van der Waals surface area contributed by atoms with Crippen molar-refractivity contribution >= 4 is 27.5 Å². The Morgan fingerprint density at radius 3 is 2.48 bits per heavy atom. The van der Waals surface area contributed by atoms with Gasteiger partial charge in [0, 0.05) is 43.6 Å². The SMILES string of the molecule is C[C@@H]1c2cccn2CCN1C(=O)c1ccc(Cl)c(S(=O)(=O)N2CCCCCC2)c1. The van der Waals surface area contributed by atoms with E-state index in [4.69, 9.17) is 11.6 Å². The van der Waals surface area contributed by atoms with Gasteiger partial charge in [0.2, 0.25) is 10.0 Å². The molecule has 0 radical (unpaired) electrons. The van der Waals surface area contributed by atoms with Crippen LogP contribution in [0, 0.1) is 0 Å². The second-order valence-electron chi connectivity index (χ2n) is 7.76. The number of aromatic nitrogens is 1. The molecule has 1 atom stereocenters. The third kappa shape index (κ3) is 3.83. The van der Waals surface area contributed by atoms with Crippen LogP contribution < -0.4 is 0 Å². The number of sulfonamides is 1. The summed E-state index contributed by atoms with van der Waals surface area (Å²) in [5, 5.41) is 0.159. The molecule has 0 saturated carbocycles. The van der Waals surface area contributed by atoms with Crippen molar-refractivity contribution in [2.45, 2.75) is 50.1 Å². The van der Waals surface area contributed by atoms with Crippen molar-refractivity contribution in [3.05, 3.63) is 52.8 Å². The molecular weight excluding hydrogens is 410 g/mol. The molecule has 0 spiro atoms. The van der Waals surface area contributed by atoms with Crippen LogP contribution in [0.5, 0.6) is 0 Å². The summed E-state index contributed by atoms with van der Waals surface area (Å²) >= 11 is 6.28. The van der Waals surface area contributed by atoms with Crippen LogP contribution in [0.15, 0.2) is 41.4 Å². The molecule has 8 heteroatoms. The molecule has 0 N–H and O–H groups in total. The number of halogens is 1. The molecule has 2 aliphatic rings. The number of rotatable bonds is 3. The van der Waals surface area contributed by atoms with E-state index in [0.717, 1.165) is 37.9 Å². The highest BCUT2D eigenvalue weighted by Gasteiger charge is 2.31. The third-order valence-electron chi connectivity index (χ3n) is 5.96. The Labute approximate surface area is 177 Å². The molecule has 156 valence electrons. The van der Waals surface area contributed by atoms with Crippen LogP contribution in [-0.4, -0.2) is 47.7 Å². The Morgan fingerprint density at radius 1 is 1.03 bits per heavy atom. The van der Waals surface area contributed by atoms with E-state index in [1.807, 2.05) is 25.3 Å². The first kappa shape index (κ1) is 20.4. The molecule has 1 saturated heterocycles. The minimum Gasteiger partial charge on any atom is -0.348 e. The van der Waals surface area contributed by atoms with Crippen molar-refractivity contribution in [2.24, 2.45) is 0 Å². The molecule has 1 fully saturated rings. The normalized spacial score (nSPS) is 20.9. The molecular formula is C21H26ClN3O3S. The lowest BCUT2D eigenvalue weighted by atomic mass is 10.1. The maximum atomic E-state index is 13.2. The average Bonchev–Trinajstić information content (AvgIpc) is 3.01. The van der Waals surface area contributed by atoms with Gasteiger partial charge in [0.1, 0.15) is 4.90 Å². The first-order chi connectivity index (χ1) is 13.9. The number of benzene rings is 1. The van der Waals surface area contributed by atoms with E-state index in [1.54, 1.807) is 11.0 Å². The zero-order valence-corrected chi connectivity index (χ0v) is 18.1. The van der Waals surface area contributed by atoms with Crippen molar-refractivity contribution in [2.75, 3.05) is 19.6 Å². The number of hydrogen-bond donors (Lipinski definition) is 0. The molecule has 0 bridgehead atoms. The molecule has 6 nitrogen and oxygen atoms in total. The molecule has 0 unspecified atom stereocenters. The van der Waals surface area contributed by atoms with Gasteiger partial charge in [-0.3, -0.25) is 4.79 Å². The van der Waals surface area contributed by atoms with Crippen LogP contribution in [0.1, 0.15) is 54.7 Å². The third-order valence-corrected chi connectivity index (χ3v) is 8.34. The Bertz CT molecular complexity index is 1010. The number of fused-ring (bicyclic) bond motifs is 1. The molecule has 2 aliphatic heterocycles. The fourth-order valence-electron chi connectivity index (χ4n) is 4.28. The van der Waals surface area contributed by atoms with Crippen LogP contribution in [0.4, 0.5) is 0 Å². The Balaban J connectivity index is 1.64. The van der Waals surface area contributed by atoms with E-state index >= 15 is 0 Å². The zero-order chi connectivity index (χ0) is 20.6. The first-order valence-electron chi connectivity index (χ1n) is 10.2. The fourth-order valence-corrected chi connectivity index (χ4v) is 6.29. The minimum atomic E-state index is -3.73. The highest BCUT2D eigenvalue weighted by atomic mass is 35.5. The summed E-state index contributed by atoms with van der Waals surface area (Å²) in [6.07, 6.45) is 5.78. The molecule has 4 rings (SSSR count). The predicted molar refractivity (Wildman–Crippen MR) is 113 cm³/mol. The first-order valence-corrected chi connectivity index (χ1v) is 12.0. The fraction of sp³-hybridized carbons (Fsp3) is 0.476. The van der Waals surface area contributed by atoms with Gasteiger partial charge in [0.25, 0.3) is 5.91 Å². The van der Waals surface area contributed by atoms with Crippen LogP contribution in [0.25, 0.3) is 0 Å². The molecule has 1 aromatic heterocycles. The molecule has 29 heavy (non-hydrogen) atoms. The largest absolute Gasteiger partial charge is 0.348 e. The van der Waals surface area contributed by atoms with Gasteiger partial charge in [-0.1, -0.05) is 24.4 Å². The molecule has 2 aromatic rings. The minimum absolute atomic E-state index is 0.0277. The van der Waals surface area contributed by atoms with Gasteiger partial charge in [-0.25, -0.2) is 8.42 Å². The van der Waals surface area contributed by atoms with E-state index in [-0.39, 0.29) is 21.9 Å². The van der Waals surface area contributed by atoms with E-state index in [9.17, 15) is 13.2 Å². The number of carbonyl (C=O) groups excluding carboxylic acids is 1. The summed E-state index contributed by atoms with van der Waals surface area (Å²) in [6.45, 7) is 4.30. The Morgan fingerprint density at radius 2 is 1.76 bits per heavy atom. The summed E-state index contributed by atoms with van der Waals surface area (Å²) < 4.78 is 30.1. The van der Waals surface area contributed by atoms with Crippen LogP contribution >= 0.6 is 11.6 Å². The maximum absolute atomic E-state index is 13.2. The van der Waals surface area contributed by atoms with Gasteiger partial charge in [0.15, 0.2) is 0 Å². The van der Waals surface area contributed by atoms with E-state index in [0.29, 0.717) is 25.2 Å². The topological polar surface area (TPSA) is 62.6 Å². The van der Waals surface area contributed by atoms with Gasteiger partial charge in [-0.15, -0.1) is 0 Å². The standard InChI is InChI=1S/C21H26ClN3O3S/c1-16-19-7-6-10-23(19)13-14-25(16)21(26)17-8-9-18(22)20(15-17)29(27,28)24-11-4-2-3-5-12-24/h6-10,15-16H,2-5,11-14H2,1H3/t16-/m1/s1. The zero-order valence-electron chi connectivity index (χ0n) is 16.6. The van der Waals surface area contributed by atoms with Gasteiger partial charge in [0.05, 0.1) is 11.1 Å². The number of amides is 1. The van der Waals surface area contributed by atoms with Crippen molar-refractivity contribution in [3.8, 4) is 0 Å². The number of nitrogens with zero attached hydrogens (tertiary/aromatic N) is 3. The Hall–Kier alpha value is -1.83. The lowest BCUT2D eigenvalue weighted by molar-refractivity contribution is 0.0644. The molecule has 0 aliphatic carbocycles. The van der Waals surface area contributed by atoms with Gasteiger partial charge in [-0.05, 0) is 50.1 Å². The quantitative estimate of drug-likeness (QED) is 0.733. The predicted octanol–water partition coefficient (Wildman–Crippen LogP) is 3.92. The lowest BCUT2D eigenvalue weighted by Crippen LogP contribution is -2.40. The van der Waals surface area contributed by atoms with Crippen molar-refractivity contribution in [3.63, 3.8) is 0 Å². The molecule has 1 aromatic carbocycles. The van der Waals surface area contributed by atoms with Gasteiger partial charge >= 0.3 is 0 Å². The van der Waals surface area contributed by atoms with Crippen LogP contribution in [-0.2, 0) is 16.6 Å². The highest BCUT2D eigenvalue weighted by molar-refractivity contribution is 7.89. The Kier molecular flexibility index (Phi) is 5.73. The molecule has 1 amide bonds. The van der Waals surface area contributed by atoms with Gasteiger partial charge < -0.3 is 9.47 Å². The summed E-state index contributed by atoms with van der Waals surface area (Å²) in [4.78, 5) is 15.0. The van der Waals surface area contributed by atoms with E-state index in [2.05, 4.69) is 4.57 Å². The monoisotopic (exact) mass is 435 g/mol. The maximum Gasteiger partial charge on any atom is 0.254 e. The van der Waals surface area contributed by atoms with Crippen LogP contribution in [0.3, 0.4) is 0 Å². The number of hydrogen-bond acceptors (Lipinski definition) is 3. The summed E-state index contributed by atoms with van der Waals surface area (Å²) in [5.41, 5.74) is 1.44. The second kappa shape index (κ2) is 8.13. The van der Waals surface area contributed by atoms with Crippen molar-refractivity contribution < 1.29 is 13.2 Å². The van der Waals surface area contributed by atoms with Crippen molar-refractivity contribution in [1.82, 2.24) is 13.8 Å². The highest BCUT2D eigenvalue weighted by Crippen LogP contribution is 2.31. The average molecular weight is 436 g/mol. The lowest BCUT2D eigenvalue weighted by Gasteiger charge is -2.35. The van der Waals surface area contributed by atoms with E-state index < -0.39 is 10.0 Å². The van der Waals surface area contributed by atoms with Gasteiger partial charge in [-0.2, -0.15) is 4.31 Å². The second-order valence-corrected chi connectivity index (χ2v) is 10.1. The summed E-state index contributed by atoms with van der Waals surface area (Å²) in [6, 6.07) is 8.51. The summed E-state index contributed by atoms with van der Waals surface area (Å²) in [5.74, 6) is -0.172. The van der Waals surface area contributed by atoms with E-state index in [1.165, 1.54) is 16.4 Å². The molecule has 3 heterocycles. The van der Waals surface area contributed by atoms with Crippen molar-refractivity contribution in [1.29, 1.82) is 0 Å².